The molecule has 3 saturated heterocycles. The number of likely N-dealkylation sites (tertiary alicyclic amines) is 2. The van der Waals surface area contributed by atoms with Gasteiger partial charge in [-0.2, -0.15) is 5.10 Å². The fourth-order valence-corrected chi connectivity index (χ4v) is 8.69. The largest absolute Gasteiger partial charge is 0.381 e. The molecule has 1 unspecified atom stereocenters. The van der Waals surface area contributed by atoms with Gasteiger partial charge in [-0.1, -0.05) is 29.8 Å². The third-order valence-corrected chi connectivity index (χ3v) is 11.6. The van der Waals surface area contributed by atoms with Crippen LogP contribution in [0.1, 0.15) is 79.6 Å². The lowest BCUT2D eigenvalue weighted by Gasteiger charge is -2.41. The molecule has 5 heterocycles. The highest BCUT2D eigenvalue weighted by molar-refractivity contribution is 6.31. The number of hydrogen-bond donors (Lipinski definition) is 0. The summed E-state index contributed by atoms with van der Waals surface area (Å²) in [6.45, 7) is 10.1. The summed E-state index contributed by atoms with van der Waals surface area (Å²) in [4.78, 5) is 22.5. The van der Waals surface area contributed by atoms with Crippen LogP contribution < -0.4 is 0 Å². The molecule has 256 valence electrons. The lowest BCUT2D eigenvalue weighted by atomic mass is 9.78. The van der Waals surface area contributed by atoms with Crippen LogP contribution in [0.3, 0.4) is 0 Å². The maximum atomic E-state index is 15.0. The van der Waals surface area contributed by atoms with Crippen molar-refractivity contribution < 1.29 is 23.0 Å². The van der Waals surface area contributed by atoms with Crippen LogP contribution in [0.4, 0.5) is 8.78 Å². The van der Waals surface area contributed by atoms with Crippen molar-refractivity contribution in [3.63, 3.8) is 0 Å². The molecule has 3 fully saturated rings. The molecule has 1 aromatic heterocycles. The zero-order valence-corrected chi connectivity index (χ0v) is 28.8. The Labute approximate surface area is 286 Å². The number of amides is 1. The Hall–Kier alpha value is -3.18. The summed E-state index contributed by atoms with van der Waals surface area (Å²) in [5, 5.41) is 5.02. The molecule has 0 bridgehead atoms. The van der Waals surface area contributed by atoms with Crippen LogP contribution >= 0.6 is 11.6 Å². The van der Waals surface area contributed by atoms with Gasteiger partial charge in [0.1, 0.15) is 23.8 Å². The summed E-state index contributed by atoms with van der Waals surface area (Å²) < 4.78 is 43.3. The number of piperidine rings is 1. The third-order valence-electron chi connectivity index (χ3n) is 11.2. The number of hydrogen-bond acceptors (Lipinski definition) is 6. The Morgan fingerprint density at radius 2 is 1.83 bits per heavy atom. The molecule has 4 aliphatic heterocycles. The van der Waals surface area contributed by atoms with E-state index < -0.39 is 22.7 Å². The van der Waals surface area contributed by atoms with E-state index in [0.29, 0.717) is 68.9 Å². The molecule has 0 aliphatic carbocycles. The summed E-state index contributed by atoms with van der Waals surface area (Å²) >= 11 is 6.69. The van der Waals surface area contributed by atoms with Gasteiger partial charge in [-0.3, -0.25) is 14.4 Å². The van der Waals surface area contributed by atoms with Crippen molar-refractivity contribution in [3.05, 3.63) is 93.5 Å². The van der Waals surface area contributed by atoms with Gasteiger partial charge in [0.25, 0.3) is 0 Å². The van der Waals surface area contributed by atoms with Crippen molar-refractivity contribution in [2.75, 3.05) is 39.4 Å². The van der Waals surface area contributed by atoms with Crippen molar-refractivity contribution >= 4 is 17.5 Å². The minimum Gasteiger partial charge on any atom is -0.381 e. The zero-order chi connectivity index (χ0) is 33.8. The van der Waals surface area contributed by atoms with Gasteiger partial charge < -0.3 is 14.4 Å². The summed E-state index contributed by atoms with van der Waals surface area (Å²) in [7, 11) is 1.90. The summed E-state index contributed by atoms with van der Waals surface area (Å²) in [5.74, 6) is -0.603. The molecule has 0 radical (unpaired) electrons. The SMILES string of the molecule is Cc1cc2c(cc1Cl)C1(CCN(C(=O)/C=C/C3CN(C4CCOCC4)C[C@H]3c3ccc(F)cc3F)CC1)O[C@@H]2C(C)(C)c1ncnn1C. The Bertz CT molecular complexity index is 1710. The molecule has 3 atom stereocenters. The molecule has 11 heteroatoms. The summed E-state index contributed by atoms with van der Waals surface area (Å²) in [5.41, 5.74) is 2.64. The predicted molar refractivity (Wildman–Crippen MR) is 179 cm³/mol. The molecule has 4 aliphatic rings. The minimum atomic E-state index is -0.588. The van der Waals surface area contributed by atoms with Crippen LogP contribution in [0.25, 0.3) is 0 Å². The number of benzene rings is 2. The van der Waals surface area contributed by atoms with Crippen LogP contribution in [-0.4, -0.2) is 75.9 Å². The molecule has 1 spiro atoms. The maximum Gasteiger partial charge on any atom is 0.246 e. The first kappa shape index (κ1) is 33.3. The average molecular weight is 680 g/mol. The van der Waals surface area contributed by atoms with Crippen LogP contribution in [0.5, 0.6) is 0 Å². The number of nitrogens with zero attached hydrogens (tertiary/aromatic N) is 5. The van der Waals surface area contributed by atoms with E-state index in [1.807, 2.05) is 24.9 Å². The number of carbonyl (C=O) groups is 1. The standard InChI is InChI=1S/C37H44ClF2N5O3/c1-23-17-28-30(19-31(23)38)37(48-34(28)36(2,3)35-41-22-42-43(35)4)11-13-44(14-12-37)33(46)8-5-24-20-45(26-9-15-47-16-10-26)21-29(24)27-7-6-25(39)18-32(27)40/h5-8,17-19,22,24,26,29,34H,9-16,20-21H2,1-4H3/b8-5+/t24?,29-,34+/m1/s1. The Kier molecular flexibility index (Phi) is 8.98. The monoisotopic (exact) mass is 679 g/mol. The molecular weight excluding hydrogens is 636 g/mol. The lowest BCUT2D eigenvalue weighted by Crippen LogP contribution is -2.45. The average Bonchev–Trinajstić information content (AvgIpc) is 3.78. The second kappa shape index (κ2) is 12.9. The fourth-order valence-electron chi connectivity index (χ4n) is 8.52. The van der Waals surface area contributed by atoms with Gasteiger partial charge in [0.05, 0.1) is 17.1 Å². The summed E-state index contributed by atoms with van der Waals surface area (Å²) in [6.07, 6.45) is 8.03. The topological polar surface area (TPSA) is 72.7 Å². The fraction of sp³-hybridized carbons (Fsp3) is 0.541. The van der Waals surface area contributed by atoms with E-state index in [1.165, 1.54) is 6.07 Å². The van der Waals surface area contributed by atoms with Crippen LogP contribution in [0.15, 0.2) is 48.8 Å². The first-order valence-corrected chi connectivity index (χ1v) is 17.4. The van der Waals surface area contributed by atoms with E-state index in [2.05, 4.69) is 41.0 Å². The van der Waals surface area contributed by atoms with Gasteiger partial charge in [-0.25, -0.2) is 13.8 Å². The predicted octanol–water partition coefficient (Wildman–Crippen LogP) is 6.37. The molecular formula is C37H44ClF2N5O3. The molecule has 1 amide bonds. The quantitative estimate of drug-likeness (QED) is 0.282. The first-order chi connectivity index (χ1) is 23.0. The molecule has 0 N–H and O–H groups in total. The number of aromatic nitrogens is 3. The zero-order valence-electron chi connectivity index (χ0n) is 28.1. The highest BCUT2D eigenvalue weighted by Crippen LogP contribution is 2.56. The van der Waals surface area contributed by atoms with Gasteiger partial charge in [-0.15, -0.1) is 0 Å². The van der Waals surface area contributed by atoms with Crippen molar-refractivity contribution in [1.82, 2.24) is 24.6 Å². The van der Waals surface area contributed by atoms with E-state index in [0.717, 1.165) is 41.4 Å². The van der Waals surface area contributed by atoms with Crippen molar-refractivity contribution in [2.24, 2.45) is 13.0 Å². The number of ether oxygens (including phenoxy) is 2. The first-order valence-electron chi connectivity index (χ1n) is 17.0. The van der Waals surface area contributed by atoms with Gasteiger partial charge in [0.2, 0.25) is 5.91 Å². The third kappa shape index (κ3) is 5.99. The number of halogens is 3. The molecule has 3 aromatic rings. The Morgan fingerprint density at radius 3 is 2.52 bits per heavy atom. The van der Waals surface area contributed by atoms with Crippen LogP contribution in [-0.2, 0) is 32.3 Å². The highest BCUT2D eigenvalue weighted by Gasteiger charge is 2.53. The number of rotatable bonds is 6. The van der Waals surface area contributed by atoms with Gasteiger partial charge >= 0.3 is 0 Å². The van der Waals surface area contributed by atoms with E-state index in [1.54, 1.807) is 23.2 Å². The Morgan fingerprint density at radius 1 is 1.08 bits per heavy atom. The van der Waals surface area contributed by atoms with Crippen molar-refractivity contribution in [2.45, 2.75) is 75.5 Å². The maximum absolute atomic E-state index is 15.0. The molecule has 0 saturated carbocycles. The van der Waals surface area contributed by atoms with Gasteiger partial charge in [0, 0.05) is 69.5 Å². The summed E-state index contributed by atoms with van der Waals surface area (Å²) in [6, 6.07) is 8.38. The smallest absolute Gasteiger partial charge is 0.246 e. The van der Waals surface area contributed by atoms with Crippen molar-refractivity contribution in [1.29, 1.82) is 0 Å². The number of fused-ring (bicyclic) bond motifs is 2. The minimum absolute atomic E-state index is 0.0659. The van der Waals surface area contributed by atoms with Crippen molar-refractivity contribution in [3.8, 4) is 0 Å². The molecule has 2 aromatic carbocycles. The number of aryl methyl sites for hydroxylation is 2. The molecule has 7 rings (SSSR count). The van der Waals surface area contributed by atoms with E-state index in [9.17, 15) is 9.18 Å². The lowest BCUT2D eigenvalue weighted by molar-refractivity contribution is -0.144. The van der Waals surface area contributed by atoms with E-state index >= 15 is 4.39 Å². The van der Waals surface area contributed by atoms with Gasteiger partial charge in [-0.05, 0) is 92.8 Å². The van der Waals surface area contributed by atoms with Crippen LogP contribution in [0.2, 0.25) is 5.02 Å². The highest BCUT2D eigenvalue weighted by atomic mass is 35.5. The van der Waals surface area contributed by atoms with E-state index in [-0.39, 0.29) is 23.8 Å². The molecule has 8 nitrogen and oxygen atoms in total. The second-order valence-electron chi connectivity index (χ2n) is 14.5. The van der Waals surface area contributed by atoms with E-state index in [4.69, 9.17) is 21.1 Å². The molecule has 48 heavy (non-hydrogen) atoms. The Balaban J connectivity index is 1.08. The second-order valence-corrected chi connectivity index (χ2v) is 14.9. The normalized spacial score (nSPS) is 25.0. The number of carbonyl (C=O) groups excluding carboxylic acids is 1. The van der Waals surface area contributed by atoms with Gasteiger partial charge in [0.15, 0.2) is 0 Å². The van der Waals surface area contributed by atoms with Crippen LogP contribution in [0, 0.1) is 24.5 Å².